The van der Waals surface area contributed by atoms with Crippen LogP contribution in [-0.4, -0.2) is 36.9 Å². The summed E-state index contributed by atoms with van der Waals surface area (Å²) >= 11 is 0. The maximum absolute atomic E-state index is 12.6. The number of carbonyl (C=O) groups excluding carboxylic acids is 2. The van der Waals surface area contributed by atoms with Gasteiger partial charge in [-0.2, -0.15) is 13.2 Å². The molecule has 0 atom stereocenters. The van der Waals surface area contributed by atoms with Crippen LogP contribution < -0.4 is 10.5 Å². The van der Waals surface area contributed by atoms with E-state index in [0.29, 0.717) is 6.07 Å². The van der Waals surface area contributed by atoms with Gasteiger partial charge in [0, 0.05) is 0 Å². The molecule has 0 bridgehead atoms. The molecule has 146 valence electrons. The second-order valence-corrected chi connectivity index (χ2v) is 5.01. The van der Waals surface area contributed by atoms with Crippen LogP contribution in [0.25, 0.3) is 0 Å². The van der Waals surface area contributed by atoms with Gasteiger partial charge < -0.3 is 24.5 Å². The fraction of sp³-hybridized carbons (Fsp3) is 0.312. The number of hydrogen-bond donors (Lipinski definition) is 1. The first kappa shape index (κ1) is 20.1. The van der Waals surface area contributed by atoms with E-state index in [1.165, 1.54) is 6.07 Å². The lowest BCUT2D eigenvalue weighted by Gasteiger charge is -2.09. The number of nitrogens with zero attached hydrogens (tertiary/aromatic N) is 1. The van der Waals surface area contributed by atoms with Gasteiger partial charge in [-0.3, -0.25) is 0 Å². The van der Waals surface area contributed by atoms with Gasteiger partial charge in [0.15, 0.2) is 5.56 Å². The van der Waals surface area contributed by atoms with E-state index in [1.807, 2.05) is 0 Å². The fourth-order valence-electron chi connectivity index (χ4n) is 1.96. The Morgan fingerprint density at radius 1 is 1.19 bits per heavy atom. The fourth-order valence-corrected chi connectivity index (χ4v) is 1.96. The summed E-state index contributed by atoms with van der Waals surface area (Å²) in [4.78, 5) is 23.6. The molecule has 0 aliphatic rings. The molecule has 1 aromatic heterocycles. The Kier molecular flexibility index (Phi) is 6.27. The highest BCUT2D eigenvalue weighted by Gasteiger charge is 2.31. The average Bonchev–Trinajstić information content (AvgIpc) is 2.98. The molecule has 0 spiro atoms. The van der Waals surface area contributed by atoms with Crippen molar-refractivity contribution >= 4 is 17.8 Å². The lowest BCUT2D eigenvalue weighted by atomic mass is 10.1. The van der Waals surface area contributed by atoms with E-state index in [4.69, 9.17) is 19.9 Å². The third-order valence-corrected chi connectivity index (χ3v) is 3.15. The van der Waals surface area contributed by atoms with Gasteiger partial charge in [0.2, 0.25) is 5.88 Å². The molecule has 2 N–H and O–H groups in total. The van der Waals surface area contributed by atoms with Crippen LogP contribution in [0.1, 0.15) is 33.2 Å². The highest BCUT2D eigenvalue weighted by Crippen LogP contribution is 2.29. The summed E-state index contributed by atoms with van der Waals surface area (Å²) in [5.41, 5.74) is 4.03. The van der Waals surface area contributed by atoms with Crippen LogP contribution in [0.2, 0.25) is 0 Å². The zero-order valence-electron chi connectivity index (χ0n) is 14.0. The second kappa shape index (κ2) is 8.43. The second-order valence-electron chi connectivity index (χ2n) is 5.01. The summed E-state index contributed by atoms with van der Waals surface area (Å²) in [6, 6.07) is 3.81. The Morgan fingerprint density at radius 3 is 2.59 bits per heavy atom. The smallest absolute Gasteiger partial charge is 0.416 e. The molecule has 0 amide bonds. The Labute approximate surface area is 151 Å². The molecular weight excluding hydrogens is 373 g/mol. The van der Waals surface area contributed by atoms with E-state index in [-0.39, 0.29) is 42.7 Å². The molecule has 0 radical (unpaired) electrons. The van der Waals surface area contributed by atoms with E-state index < -0.39 is 23.7 Å². The van der Waals surface area contributed by atoms with Gasteiger partial charge in [0.25, 0.3) is 5.88 Å². The van der Waals surface area contributed by atoms with Crippen molar-refractivity contribution in [1.29, 1.82) is 0 Å². The lowest BCUT2D eigenvalue weighted by Crippen LogP contribution is -2.15. The minimum atomic E-state index is -4.57. The summed E-state index contributed by atoms with van der Waals surface area (Å²) in [5, 5.41) is 3.44. The SMILES string of the molecule is CCOC(=O)c1c(OCCOC(=O)c2cccc(C(F)(F)F)c2)noc1N. The van der Waals surface area contributed by atoms with Gasteiger partial charge in [-0.15, -0.1) is 0 Å². The molecule has 2 rings (SSSR count). The zero-order valence-corrected chi connectivity index (χ0v) is 14.0. The number of rotatable bonds is 7. The molecule has 0 fully saturated rings. The monoisotopic (exact) mass is 388 g/mol. The first-order valence-electron chi connectivity index (χ1n) is 7.63. The standard InChI is InChI=1S/C16H15F3N2O6/c1-2-24-15(23)11-12(20)27-21-13(11)25-6-7-26-14(22)9-4-3-5-10(8-9)16(17,18)19/h3-5,8H,2,6-7,20H2,1H3. The van der Waals surface area contributed by atoms with E-state index in [9.17, 15) is 22.8 Å². The topological polar surface area (TPSA) is 114 Å². The molecule has 27 heavy (non-hydrogen) atoms. The van der Waals surface area contributed by atoms with Crippen LogP contribution in [0.4, 0.5) is 19.1 Å². The van der Waals surface area contributed by atoms with Crippen LogP contribution in [0.5, 0.6) is 5.88 Å². The van der Waals surface area contributed by atoms with Crippen molar-refractivity contribution in [1.82, 2.24) is 5.16 Å². The van der Waals surface area contributed by atoms with Gasteiger partial charge in [0.05, 0.1) is 17.7 Å². The first-order valence-corrected chi connectivity index (χ1v) is 7.63. The van der Waals surface area contributed by atoms with Gasteiger partial charge in [-0.05, 0) is 30.3 Å². The minimum absolute atomic E-state index is 0.0947. The van der Waals surface area contributed by atoms with Gasteiger partial charge in [-0.25, -0.2) is 9.59 Å². The van der Waals surface area contributed by atoms with Crippen LogP contribution in [0, 0.1) is 0 Å². The molecule has 0 saturated carbocycles. The van der Waals surface area contributed by atoms with Crippen LogP contribution in [0.15, 0.2) is 28.8 Å². The molecule has 2 aromatic rings. The largest absolute Gasteiger partial charge is 0.471 e. The predicted molar refractivity (Wildman–Crippen MR) is 84.1 cm³/mol. The van der Waals surface area contributed by atoms with E-state index in [1.54, 1.807) is 6.92 Å². The summed E-state index contributed by atoms with van der Waals surface area (Å²) in [5.74, 6) is -2.31. The summed E-state index contributed by atoms with van der Waals surface area (Å²) < 4.78 is 57.3. The quantitative estimate of drug-likeness (QED) is 0.569. The van der Waals surface area contributed by atoms with E-state index >= 15 is 0 Å². The van der Waals surface area contributed by atoms with E-state index in [0.717, 1.165) is 12.1 Å². The Hall–Kier alpha value is -3.24. The van der Waals surface area contributed by atoms with Crippen molar-refractivity contribution < 1.29 is 41.5 Å². The Balaban J connectivity index is 1.91. The van der Waals surface area contributed by atoms with Crippen molar-refractivity contribution in [2.45, 2.75) is 13.1 Å². The normalized spacial score (nSPS) is 11.1. The Morgan fingerprint density at radius 2 is 1.93 bits per heavy atom. The van der Waals surface area contributed by atoms with Gasteiger partial charge in [0.1, 0.15) is 13.2 Å². The number of ether oxygens (including phenoxy) is 3. The average molecular weight is 388 g/mol. The third kappa shape index (κ3) is 5.12. The van der Waals surface area contributed by atoms with Crippen molar-refractivity contribution in [3.63, 3.8) is 0 Å². The highest BCUT2D eigenvalue weighted by molar-refractivity contribution is 5.96. The maximum Gasteiger partial charge on any atom is 0.416 e. The molecule has 11 heteroatoms. The number of halogens is 3. The number of nitrogen functional groups attached to an aromatic ring is 1. The van der Waals surface area contributed by atoms with Crippen LogP contribution in [0.3, 0.4) is 0 Å². The number of benzene rings is 1. The molecule has 0 unspecified atom stereocenters. The first-order chi connectivity index (χ1) is 12.7. The summed E-state index contributed by atoms with van der Waals surface area (Å²) in [7, 11) is 0. The predicted octanol–water partition coefficient (Wildman–Crippen LogP) is 2.69. The number of nitrogens with two attached hydrogens (primary N) is 1. The highest BCUT2D eigenvalue weighted by atomic mass is 19.4. The number of esters is 2. The lowest BCUT2D eigenvalue weighted by molar-refractivity contribution is -0.137. The number of anilines is 1. The number of hydrogen-bond acceptors (Lipinski definition) is 8. The molecule has 1 heterocycles. The van der Waals surface area contributed by atoms with E-state index in [2.05, 4.69) is 9.68 Å². The van der Waals surface area contributed by atoms with Crippen molar-refractivity contribution in [2.24, 2.45) is 0 Å². The van der Waals surface area contributed by atoms with Crippen molar-refractivity contribution in [2.75, 3.05) is 25.6 Å². The summed E-state index contributed by atoms with van der Waals surface area (Å²) in [6.45, 7) is 1.13. The Bertz CT molecular complexity index is 819. The third-order valence-electron chi connectivity index (χ3n) is 3.15. The van der Waals surface area contributed by atoms with Crippen LogP contribution in [-0.2, 0) is 15.7 Å². The molecular formula is C16H15F3N2O6. The van der Waals surface area contributed by atoms with Gasteiger partial charge >= 0.3 is 18.1 Å². The minimum Gasteiger partial charge on any atom is -0.471 e. The zero-order chi connectivity index (χ0) is 20.0. The molecule has 0 aliphatic heterocycles. The van der Waals surface area contributed by atoms with Gasteiger partial charge in [-0.1, -0.05) is 6.07 Å². The van der Waals surface area contributed by atoms with Crippen molar-refractivity contribution in [3.05, 3.63) is 41.0 Å². The molecule has 1 aromatic carbocycles. The molecule has 0 aliphatic carbocycles. The molecule has 8 nitrogen and oxygen atoms in total. The van der Waals surface area contributed by atoms with Crippen LogP contribution >= 0.6 is 0 Å². The number of alkyl halides is 3. The number of carbonyl (C=O) groups is 2. The van der Waals surface area contributed by atoms with Crippen molar-refractivity contribution in [3.8, 4) is 5.88 Å². The number of aromatic nitrogens is 1. The maximum atomic E-state index is 12.6. The summed E-state index contributed by atoms with van der Waals surface area (Å²) in [6.07, 6.45) is -4.57. The molecule has 0 saturated heterocycles.